The van der Waals surface area contributed by atoms with Gasteiger partial charge >= 0.3 is 6.36 Å². The molecule has 0 saturated carbocycles. The van der Waals surface area contributed by atoms with Gasteiger partial charge in [-0.2, -0.15) is 0 Å². The lowest BCUT2D eigenvalue weighted by molar-refractivity contribution is -0.274. The predicted molar refractivity (Wildman–Crippen MR) is 69.5 cm³/mol. The van der Waals surface area contributed by atoms with Gasteiger partial charge in [0.05, 0.1) is 11.9 Å². The Labute approximate surface area is 117 Å². The van der Waals surface area contributed by atoms with Crippen LogP contribution in [0.25, 0.3) is 0 Å². The molecular formula is C14H9F3N2O2. The van der Waals surface area contributed by atoms with E-state index in [1.165, 1.54) is 24.4 Å². The summed E-state index contributed by atoms with van der Waals surface area (Å²) >= 11 is 0. The molecular weight excluding hydrogens is 285 g/mol. The number of aliphatic imine (C=N–C) groups is 2. The first-order valence-corrected chi connectivity index (χ1v) is 6.13. The Morgan fingerprint density at radius 2 is 2.10 bits per heavy atom. The molecule has 7 heteroatoms. The lowest BCUT2D eigenvalue weighted by Gasteiger charge is -2.18. The number of carbonyl (C=O) groups is 1. The van der Waals surface area contributed by atoms with Crippen LogP contribution in [-0.4, -0.2) is 24.6 Å². The van der Waals surface area contributed by atoms with Crippen LogP contribution < -0.4 is 4.74 Å². The number of Topliss-reactive ketones (excluding diaryl/α,β-unsaturated/α-hetero) is 1. The minimum atomic E-state index is -4.75. The van der Waals surface area contributed by atoms with Gasteiger partial charge in [0.1, 0.15) is 11.8 Å². The van der Waals surface area contributed by atoms with Crippen LogP contribution in [0.3, 0.4) is 0 Å². The van der Waals surface area contributed by atoms with Crippen LogP contribution in [0.1, 0.15) is 18.0 Å². The molecule has 2 aliphatic heterocycles. The summed E-state index contributed by atoms with van der Waals surface area (Å²) in [7, 11) is 0. The Balaban J connectivity index is 1.94. The van der Waals surface area contributed by atoms with Crippen molar-refractivity contribution in [2.75, 3.05) is 0 Å². The summed E-state index contributed by atoms with van der Waals surface area (Å²) < 4.78 is 40.6. The zero-order valence-corrected chi connectivity index (χ0v) is 10.6. The molecule has 4 nitrogen and oxygen atoms in total. The number of hydrogen-bond acceptors (Lipinski definition) is 4. The Morgan fingerprint density at radius 3 is 2.86 bits per heavy atom. The summed E-state index contributed by atoms with van der Waals surface area (Å²) in [6, 6.07) is 4.96. The Kier molecular flexibility index (Phi) is 3.12. The van der Waals surface area contributed by atoms with Crippen molar-refractivity contribution in [1.82, 2.24) is 0 Å². The Bertz CT molecular complexity index is 690. The highest BCUT2D eigenvalue weighted by Crippen LogP contribution is 2.36. The highest BCUT2D eigenvalue weighted by Gasteiger charge is 2.32. The van der Waals surface area contributed by atoms with Gasteiger partial charge in [0.15, 0.2) is 0 Å². The second-order valence-corrected chi connectivity index (χ2v) is 4.54. The van der Waals surface area contributed by atoms with E-state index < -0.39 is 12.4 Å². The standard InChI is InChI=1S/C14H9F3N2O2/c15-14(16,17)21-9-3-1-2-8(6-9)12-13-10(4-5-18-13)11(20)7-19-12/h1-3,5-7,12H,4H2. The summed E-state index contributed by atoms with van der Waals surface area (Å²) in [5, 5.41) is 0. The number of nitrogens with zero attached hydrogens (tertiary/aromatic N) is 2. The number of ketones is 1. The van der Waals surface area contributed by atoms with Crippen LogP contribution in [0, 0.1) is 0 Å². The average Bonchev–Trinajstić information content (AvgIpc) is 2.87. The molecule has 3 rings (SSSR count). The maximum absolute atomic E-state index is 12.3. The van der Waals surface area contributed by atoms with Gasteiger partial charge < -0.3 is 4.74 Å². The molecule has 0 radical (unpaired) electrons. The smallest absolute Gasteiger partial charge is 0.406 e. The molecule has 0 bridgehead atoms. The molecule has 2 aliphatic rings. The topological polar surface area (TPSA) is 51.0 Å². The van der Waals surface area contributed by atoms with Gasteiger partial charge in [-0.3, -0.25) is 14.8 Å². The van der Waals surface area contributed by atoms with Gasteiger partial charge in [-0.25, -0.2) is 0 Å². The largest absolute Gasteiger partial charge is 0.573 e. The summed E-state index contributed by atoms with van der Waals surface area (Å²) in [6.07, 6.45) is -1.54. The van der Waals surface area contributed by atoms with Crippen molar-refractivity contribution in [2.24, 2.45) is 9.98 Å². The van der Waals surface area contributed by atoms with Crippen LogP contribution in [0.15, 0.2) is 45.5 Å². The molecule has 0 aromatic heterocycles. The number of dihydropyridines is 1. The van der Waals surface area contributed by atoms with Crippen molar-refractivity contribution in [3.63, 3.8) is 0 Å². The summed E-state index contributed by atoms with van der Waals surface area (Å²) in [5.74, 6) is -0.530. The average molecular weight is 294 g/mol. The maximum Gasteiger partial charge on any atom is 0.573 e. The lowest BCUT2D eigenvalue weighted by atomic mass is 9.96. The number of carbonyl (C=O) groups excluding carboxylic acids is 1. The third-order valence-electron chi connectivity index (χ3n) is 3.14. The highest BCUT2D eigenvalue weighted by atomic mass is 19.4. The molecule has 1 atom stereocenters. The molecule has 21 heavy (non-hydrogen) atoms. The maximum atomic E-state index is 12.3. The van der Waals surface area contributed by atoms with E-state index in [9.17, 15) is 18.0 Å². The van der Waals surface area contributed by atoms with E-state index in [1.807, 2.05) is 0 Å². The van der Waals surface area contributed by atoms with E-state index in [0.717, 1.165) is 0 Å². The quantitative estimate of drug-likeness (QED) is 0.842. The second kappa shape index (κ2) is 4.83. The van der Waals surface area contributed by atoms with Crippen LogP contribution in [0.5, 0.6) is 5.75 Å². The van der Waals surface area contributed by atoms with E-state index in [2.05, 4.69) is 14.7 Å². The SMILES string of the molecule is O=C1C=NC(c2cccc(OC(F)(F)F)c2)C2=C1CC=N2. The number of benzene rings is 1. The number of rotatable bonds is 2. The number of ether oxygens (including phenoxy) is 1. The molecule has 0 saturated heterocycles. The molecule has 1 unspecified atom stereocenters. The third kappa shape index (κ3) is 2.72. The Hall–Kier alpha value is -2.44. The number of allylic oxidation sites excluding steroid dienone is 1. The number of halogens is 3. The van der Waals surface area contributed by atoms with Crippen molar-refractivity contribution in [3.8, 4) is 5.75 Å². The van der Waals surface area contributed by atoms with Crippen LogP contribution in [0.2, 0.25) is 0 Å². The fraction of sp³-hybridized carbons (Fsp3) is 0.214. The Morgan fingerprint density at radius 1 is 1.29 bits per heavy atom. The fourth-order valence-corrected chi connectivity index (χ4v) is 2.30. The monoisotopic (exact) mass is 294 g/mol. The molecule has 0 fully saturated rings. The van der Waals surface area contributed by atoms with Crippen LogP contribution in [0.4, 0.5) is 13.2 Å². The zero-order chi connectivity index (χ0) is 15.0. The summed E-state index contributed by atoms with van der Waals surface area (Å²) in [4.78, 5) is 19.9. The van der Waals surface area contributed by atoms with Gasteiger partial charge in [-0.15, -0.1) is 13.2 Å². The molecule has 1 aromatic carbocycles. The van der Waals surface area contributed by atoms with E-state index in [0.29, 0.717) is 23.3 Å². The van der Waals surface area contributed by atoms with Crippen molar-refractivity contribution in [2.45, 2.75) is 18.8 Å². The van der Waals surface area contributed by atoms with E-state index >= 15 is 0 Å². The van der Waals surface area contributed by atoms with Gasteiger partial charge in [0.2, 0.25) is 5.78 Å². The van der Waals surface area contributed by atoms with Crippen molar-refractivity contribution in [3.05, 3.63) is 41.1 Å². The van der Waals surface area contributed by atoms with E-state index in [4.69, 9.17) is 0 Å². The molecule has 0 amide bonds. The van der Waals surface area contributed by atoms with Crippen LogP contribution in [-0.2, 0) is 4.79 Å². The van der Waals surface area contributed by atoms with Crippen molar-refractivity contribution >= 4 is 18.2 Å². The van der Waals surface area contributed by atoms with E-state index in [1.54, 1.807) is 12.3 Å². The van der Waals surface area contributed by atoms with Gasteiger partial charge in [-0.05, 0) is 17.7 Å². The molecule has 0 N–H and O–H groups in total. The first kappa shape index (κ1) is 13.5. The lowest BCUT2D eigenvalue weighted by Crippen LogP contribution is -2.17. The molecule has 2 heterocycles. The number of hydrogen-bond donors (Lipinski definition) is 0. The minimum absolute atomic E-state index is 0.207. The summed E-state index contributed by atoms with van der Waals surface area (Å²) in [5.41, 5.74) is 1.52. The molecule has 108 valence electrons. The van der Waals surface area contributed by atoms with E-state index in [-0.39, 0.29) is 11.5 Å². The highest BCUT2D eigenvalue weighted by molar-refractivity contribution is 6.37. The zero-order valence-electron chi connectivity index (χ0n) is 10.6. The van der Waals surface area contributed by atoms with Crippen molar-refractivity contribution < 1.29 is 22.7 Å². The normalized spacial score (nSPS) is 20.9. The van der Waals surface area contributed by atoms with Crippen LogP contribution >= 0.6 is 0 Å². The minimum Gasteiger partial charge on any atom is -0.406 e. The van der Waals surface area contributed by atoms with Crippen molar-refractivity contribution in [1.29, 1.82) is 0 Å². The summed E-state index contributed by atoms with van der Waals surface area (Å²) in [6.45, 7) is 0. The molecule has 0 aliphatic carbocycles. The molecule has 0 spiro atoms. The fourth-order valence-electron chi connectivity index (χ4n) is 2.30. The van der Waals surface area contributed by atoms with Gasteiger partial charge in [0, 0.05) is 18.2 Å². The van der Waals surface area contributed by atoms with Gasteiger partial charge in [0.25, 0.3) is 0 Å². The van der Waals surface area contributed by atoms with Gasteiger partial charge in [-0.1, -0.05) is 12.1 Å². The first-order valence-electron chi connectivity index (χ1n) is 6.13. The second-order valence-electron chi connectivity index (χ2n) is 4.54. The first-order chi connectivity index (χ1) is 9.94. The third-order valence-corrected chi connectivity index (χ3v) is 3.14. The molecule has 1 aromatic rings. The predicted octanol–water partition coefficient (Wildman–Crippen LogP) is 3.01. The number of alkyl halides is 3.